The van der Waals surface area contributed by atoms with Gasteiger partial charge in [0, 0.05) is 25.7 Å². The second-order valence-electron chi connectivity index (χ2n) is 5.80. The second kappa shape index (κ2) is 6.72. The molecule has 114 valence electrons. The van der Waals surface area contributed by atoms with Crippen LogP contribution in [0.1, 0.15) is 29.2 Å². The molecule has 1 aromatic rings. The zero-order valence-electron chi connectivity index (χ0n) is 12.9. The van der Waals surface area contributed by atoms with Crippen molar-refractivity contribution in [3.63, 3.8) is 0 Å². The fourth-order valence-corrected chi connectivity index (χ4v) is 2.99. The van der Waals surface area contributed by atoms with Crippen molar-refractivity contribution in [2.75, 3.05) is 13.1 Å². The molecule has 2 rings (SSSR count). The molecule has 0 saturated heterocycles. The minimum Gasteiger partial charge on any atom is -0.411 e. The number of nitrogens with zero attached hydrogens (tertiary/aromatic N) is 2. The van der Waals surface area contributed by atoms with Crippen molar-refractivity contribution in [2.24, 2.45) is 5.16 Å². The van der Waals surface area contributed by atoms with Gasteiger partial charge in [-0.25, -0.2) is 0 Å². The summed E-state index contributed by atoms with van der Waals surface area (Å²) in [6.07, 6.45) is 1.94. The summed E-state index contributed by atoms with van der Waals surface area (Å²) in [5, 5.41) is 13.9. The average Bonchev–Trinajstić information content (AvgIpc) is 2.43. The summed E-state index contributed by atoms with van der Waals surface area (Å²) in [4.78, 5) is 13.7. The normalized spacial score (nSPS) is 16.7. The summed E-state index contributed by atoms with van der Waals surface area (Å²) in [6, 6.07) is 4.39. The summed E-state index contributed by atoms with van der Waals surface area (Å²) in [7, 11) is 0. The zero-order valence-corrected chi connectivity index (χ0v) is 12.9. The Hall–Kier alpha value is -1.88. The second-order valence-corrected chi connectivity index (χ2v) is 5.80. The molecule has 0 radical (unpaired) electrons. The van der Waals surface area contributed by atoms with Crippen molar-refractivity contribution < 1.29 is 10.0 Å². The van der Waals surface area contributed by atoms with E-state index >= 15 is 0 Å². The summed E-state index contributed by atoms with van der Waals surface area (Å²) >= 11 is 0. The van der Waals surface area contributed by atoms with Gasteiger partial charge >= 0.3 is 0 Å². The van der Waals surface area contributed by atoms with Gasteiger partial charge in [-0.1, -0.05) is 17.3 Å². The Kier molecular flexibility index (Phi) is 4.96. The number of benzene rings is 1. The topological polar surface area (TPSA) is 64.9 Å². The standard InChI is InChI=1S/C16H23N3O2/c1-11-4-5-12(2)15-10-19(7-6-14(11)15)9-13(3)18-16(20)8-17-21/h4-5,8,13,21H,6-7,9-10H2,1-3H3,(H,18,20)/b17-8-/t13-/m0/s1. The minimum atomic E-state index is -0.366. The van der Waals surface area contributed by atoms with E-state index in [0.717, 1.165) is 32.3 Å². The maximum absolute atomic E-state index is 11.4. The number of nitrogens with one attached hydrogen (secondary N) is 1. The van der Waals surface area contributed by atoms with E-state index in [0.29, 0.717) is 0 Å². The molecule has 1 amide bonds. The van der Waals surface area contributed by atoms with Gasteiger partial charge in [0.1, 0.15) is 6.21 Å². The molecule has 0 fully saturated rings. The van der Waals surface area contributed by atoms with Gasteiger partial charge in [-0.2, -0.15) is 0 Å². The van der Waals surface area contributed by atoms with Crippen LogP contribution in [-0.4, -0.2) is 41.4 Å². The Morgan fingerprint density at radius 1 is 1.43 bits per heavy atom. The Morgan fingerprint density at radius 2 is 2.10 bits per heavy atom. The number of aryl methyl sites for hydroxylation is 2. The van der Waals surface area contributed by atoms with E-state index in [9.17, 15) is 4.79 Å². The van der Waals surface area contributed by atoms with Gasteiger partial charge in [-0.05, 0) is 49.4 Å². The molecule has 0 bridgehead atoms. The number of amides is 1. The molecule has 0 saturated carbocycles. The first-order chi connectivity index (χ1) is 10.0. The van der Waals surface area contributed by atoms with Crippen LogP contribution >= 0.6 is 0 Å². The fourth-order valence-electron chi connectivity index (χ4n) is 2.99. The highest BCUT2D eigenvalue weighted by Gasteiger charge is 2.20. The number of hydrogen-bond acceptors (Lipinski definition) is 4. The minimum absolute atomic E-state index is 0.0159. The van der Waals surface area contributed by atoms with E-state index in [1.165, 1.54) is 22.3 Å². The number of hydrogen-bond donors (Lipinski definition) is 2. The third-order valence-electron chi connectivity index (χ3n) is 4.06. The van der Waals surface area contributed by atoms with Crippen LogP contribution in [0.5, 0.6) is 0 Å². The van der Waals surface area contributed by atoms with Crippen LogP contribution in [0.4, 0.5) is 0 Å². The van der Waals surface area contributed by atoms with Crippen LogP contribution in [-0.2, 0) is 17.8 Å². The highest BCUT2D eigenvalue weighted by Crippen LogP contribution is 2.25. The van der Waals surface area contributed by atoms with Crippen molar-refractivity contribution in [2.45, 2.75) is 39.8 Å². The Bertz CT molecular complexity index is 555. The number of carbonyl (C=O) groups excluding carboxylic acids is 1. The van der Waals surface area contributed by atoms with Crippen molar-refractivity contribution >= 4 is 12.1 Å². The van der Waals surface area contributed by atoms with Gasteiger partial charge in [-0.3, -0.25) is 9.69 Å². The summed E-state index contributed by atoms with van der Waals surface area (Å²) in [5.74, 6) is -0.366. The molecule has 5 heteroatoms. The first kappa shape index (κ1) is 15.5. The molecule has 0 aliphatic carbocycles. The average molecular weight is 289 g/mol. The molecule has 2 N–H and O–H groups in total. The van der Waals surface area contributed by atoms with Gasteiger partial charge in [0.15, 0.2) is 0 Å². The number of carbonyl (C=O) groups is 1. The number of fused-ring (bicyclic) bond motifs is 1. The van der Waals surface area contributed by atoms with Gasteiger partial charge < -0.3 is 10.5 Å². The fraction of sp³-hybridized carbons (Fsp3) is 0.500. The van der Waals surface area contributed by atoms with Crippen molar-refractivity contribution in [1.82, 2.24) is 10.2 Å². The molecule has 21 heavy (non-hydrogen) atoms. The van der Waals surface area contributed by atoms with Crippen LogP contribution in [0.25, 0.3) is 0 Å². The molecule has 0 unspecified atom stereocenters. The van der Waals surface area contributed by atoms with Crippen LogP contribution in [0, 0.1) is 13.8 Å². The first-order valence-electron chi connectivity index (χ1n) is 7.29. The SMILES string of the molecule is Cc1ccc(C)c2c1CCN(C[C@H](C)NC(=O)/C=N\O)C2. The van der Waals surface area contributed by atoms with Gasteiger partial charge in [-0.15, -0.1) is 0 Å². The van der Waals surface area contributed by atoms with Gasteiger partial charge in [0.05, 0.1) is 0 Å². The predicted octanol–water partition coefficient (Wildman–Crippen LogP) is 1.63. The number of rotatable bonds is 4. The lowest BCUT2D eigenvalue weighted by atomic mass is 9.91. The lowest BCUT2D eigenvalue weighted by molar-refractivity contribution is -0.115. The maximum Gasteiger partial charge on any atom is 0.266 e. The van der Waals surface area contributed by atoms with E-state index in [1.807, 2.05) is 6.92 Å². The maximum atomic E-state index is 11.4. The Morgan fingerprint density at radius 3 is 2.76 bits per heavy atom. The Balaban J connectivity index is 1.99. The molecule has 5 nitrogen and oxygen atoms in total. The van der Waals surface area contributed by atoms with Crippen LogP contribution < -0.4 is 5.32 Å². The van der Waals surface area contributed by atoms with Crippen molar-refractivity contribution in [3.8, 4) is 0 Å². The summed E-state index contributed by atoms with van der Waals surface area (Å²) in [6.45, 7) is 9.01. The van der Waals surface area contributed by atoms with Crippen molar-refractivity contribution in [1.29, 1.82) is 0 Å². The first-order valence-corrected chi connectivity index (χ1v) is 7.29. The molecule has 1 aliphatic heterocycles. The number of oxime groups is 1. The third kappa shape index (κ3) is 3.82. The van der Waals surface area contributed by atoms with Crippen LogP contribution in [0.3, 0.4) is 0 Å². The van der Waals surface area contributed by atoms with Crippen LogP contribution in [0.2, 0.25) is 0 Å². The molecule has 0 spiro atoms. The van der Waals surface area contributed by atoms with Gasteiger partial charge in [0.2, 0.25) is 0 Å². The van der Waals surface area contributed by atoms with E-state index in [2.05, 4.69) is 41.4 Å². The molecular formula is C16H23N3O2. The molecule has 1 aliphatic rings. The van der Waals surface area contributed by atoms with E-state index in [1.54, 1.807) is 0 Å². The Labute approximate surface area is 125 Å². The van der Waals surface area contributed by atoms with Gasteiger partial charge in [0.25, 0.3) is 5.91 Å². The highest BCUT2D eigenvalue weighted by atomic mass is 16.4. The molecule has 0 aromatic heterocycles. The molecule has 1 aromatic carbocycles. The van der Waals surface area contributed by atoms with E-state index in [4.69, 9.17) is 5.21 Å². The molecular weight excluding hydrogens is 266 g/mol. The summed E-state index contributed by atoms with van der Waals surface area (Å²) < 4.78 is 0. The smallest absolute Gasteiger partial charge is 0.266 e. The lowest BCUT2D eigenvalue weighted by Crippen LogP contribution is -2.44. The molecule has 1 heterocycles. The zero-order chi connectivity index (χ0) is 15.4. The quantitative estimate of drug-likeness (QED) is 0.503. The van der Waals surface area contributed by atoms with Crippen LogP contribution in [0.15, 0.2) is 17.3 Å². The summed E-state index contributed by atoms with van der Waals surface area (Å²) in [5.41, 5.74) is 5.62. The largest absolute Gasteiger partial charge is 0.411 e. The van der Waals surface area contributed by atoms with Crippen molar-refractivity contribution in [3.05, 3.63) is 34.4 Å². The van der Waals surface area contributed by atoms with E-state index in [-0.39, 0.29) is 11.9 Å². The lowest BCUT2D eigenvalue weighted by Gasteiger charge is -2.32. The third-order valence-corrected chi connectivity index (χ3v) is 4.06. The molecule has 1 atom stereocenters. The highest BCUT2D eigenvalue weighted by molar-refractivity contribution is 6.26. The van der Waals surface area contributed by atoms with E-state index < -0.39 is 0 Å². The predicted molar refractivity (Wildman–Crippen MR) is 82.8 cm³/mol. The monoisotopic (exact) mass is 289 g/mol.